The van der Waals surface area contributed by atoms with Crippen LogP contribution in [-0.4, -0.2) is 17.2 Å². The van der Waals surface area contributed by atoms with E-state index in [0.717, 1.165) is 18.4 Å². The SMILES string of the molecule is Cc1ccc(C(=O)O)c(OC2CC(C)CC(C)(C)C2)c1. The zero-order valence-corrected chi connectivity index (χ0v) is 12.8. The van der Waals surface area contributed by atoms with Crippen molar-refractivity contribution in [3.63, 3.8) is 0 Å². The van der Waals surface area contributed by atoms with E-state index in [2.05, 4.69) is 20.8 Å². The predicted molar refractivity (Wildman–Crippen MR) is 79.4 cm³/mol. The maximum Gasteiger partial charge on any atom is 0.339 e. The fraction of sp³-hybridized carbons (Fsp3) is 0.588. The number of hydrogen-bond donors (Lipinski definition) is 1. The Morgan fingerprint density at radius 1 is 1.35 bits per heavy atom. The van der Waals surface area contributed by atoms with Gasteiger partial charge in [-0.15, -0.1) is 0 Å². The lowest BCUT2D eigenvalue weighted by molar-refractivity contribution is 0.0532. The summed E-state index contributed by atoms with van der Waals surface area (Å²) in [5, 5.41) is 9.26. The molecule has 110 valence electrons. The minimum atomic E-state index is -0.928. The van der Waals surface area contributed by atoms with E-state index in [0.29, 0.717) is 11.7 Å². The number of carboxylic acids is 1. The van der Waals surface area contributed by atoms with Gasteiger partial charge in [-0.3, -0.25) is 0 Å². The second kappa shape index (κ2) is 5.47. The minimum absolute atomic E-state index is 0.105. The molecule has 1 aromatic carbocycles. The largest absolute Gasteiger partial charge is 0.489 e. The van der Waals surface area contributed by atoms with Crippen LogP contribution in [0.5, 0.6) is 5.75 Å². The van der Waals surface area contributed by atoms with Crippen LogP contribution >= 0.6 is 0 Å². The number of carbonyl (C=O) groups is 1. The molecule has 0 heterocycles. The molecule has 0 aliphatic heterocycles. The molecular formula is C17H24O3. The molecule has 1 aliphatic carbocycles. The van der Waals surface area contributed by atoms with Gasteiger partial charge < -0.3 is 9.84 Å². The second-order valence-corrected chi connectivity index (χ2v) is 6.96. The zero-order valence-electron chi connectivity index (χ0n) is 12.8. The van der Waals surface area contributed by atoms with Crippen molar-refractivity contribution in [1.29, 1.82) is 0 Å². The number of hydrogen-bond acceptors (Lipinski definition) is 2. The smallest absolute Gasteiger partial charge is 0.339 e. The van der Waals surface area contributed by atoms with Crippen LogP contribution in [0.1, 0.15) is 56.0 Å². The van der Waals surface area contributed by atoms with Crippen molar-refractivity contribution in [2.75, 3.05) is 0 Å². The third-order valence-corrected chi connectivity index (χ3v) is 4.01. The van der Waals surface area contributed by atoms with Gasteiger partial charge in [0.2, 0.25) is 0 Å². The molecule has 2 atom stereocenters. The van der Waals surface area contributed by atoms with Gasteiger partial charge >= 0.3 is 5.97 Å². The van der Waals surface area contributed by atoms with Crippen LogP contribution in [0.25, 0.3) is 0 Å². The number of rotatable bonds is 3. The number of aryl methyl sites for hydroxylation is 1. The molecule has 0 spiro atoms. The van der Waals surface area contributed by atoms with Crippen molar-refractivity contribution >= 4 is 5.97 Å². The summed E-state index contributed by atoms with van der Waals surface area (Å²) < 4.78 is 6.05. The zero-order chi connectivity index (χ0) is 14.9. The first-order chi connectivity index (χ1) is 9.27. The number of carboxylic acid groups (broad SMARTS) is 1. The van der Waals surface area contributed by atoms with Crippen LogP contribution in [0, 0.1) is 18.3 Å². The topological polar surface area (TPSA) is 46.5 Å². The number of aromatic carboxylic acids is 1. The minimum Gasteiger partial charge on any atom is -0.489 e. The van der Waals surface area contributed by atoms with E-state index in [4.69, 9.17) is 4.74 Å². The first-order valence-corrected chi connectivity index (χ1v) is 7.27. The standard InChI is InChI=1S/C17H24O3/c1-11-5-6-14(16(18)19)15(8-11)20-13-7-12(2)9-17(3,4)10-13/h5-6,8,12-13H,7,9-10H2,1-4H3,(H,18,19). The van der Waals surface area contributed by atoms with Gasteiger partial charge in [0.15, 0.2) is 0 Å². The highest BCUT2D eigenvalue weighted by molar-refractivity contribution is 5.91. The molecule has 1 aliphatic rings. The highest BCUT2D eigenvalue weighted by Crippen LogP contribution is 2.40. The van der Waals surface area contributed by atoms with Crippen molar-refractivity contribution in [2.45, 2.75) is 53.1 Å². The quantitative estimate of drug-likeness (QED) is 0.896. The Kier molecular flexibility index (Phi) is 4.07. The molecule has 2 rings (SSSR count). The second-order valence-electron chi connectivity index (χ2n) is 6.96. The van der Waals surface area contributed by atoms with Gasteiger partial charge in [-0.05, 0) is 55.2 Å². The molecule has 3 nitrogen and oxygen atoms in total. The van der Waals surface area contributed by atoms with Crippen molar-refractivity contribution < 1.29 is 14.6 Å². The first kappa shape index (κ1) is 14.9. The van der Waals surface area contributed by atoms with Crippen LogP contribution in [-0.2, 0) is 0 Å². The third kappa shape index (κ3) is 3.53. The summed E-state index contributed by atoms with van der Waals surface area (Å²) in [6.45, 7) is 8.71. The lowest BCUT2D eigenvalue weighted by atomic mass is 9.71. The van der Waals surface area contributed by atoms with Crippen molar-refractivity contribution in [2.24, 2.45) is 11.3 Å². The van der Waals surface area contributed by atoms with Gasteiger partial charge in [-0.1, -0.05) is 26.8 Å². The summed E-state index contributed by atoms with van der Waals surface area (Å²) in [5.74, 6) is 0.192. The van der Waals surface area contributed by atoms with Gasteiger partial charge in [-0.2, -0.15) is 0 Å². The summed E-state index contributed by atoms with van der Waals surface area (Å²) >= 11 is 0. The molecule has 0 saturated heterocycles. The van der Waals surface area contributed by atoms with Gasteiger partial charge in [0.05, 0.1) is 6.10 Å². The summed E-state index contributed by atoms with van der Waals surface area (Å²) in [4.78, 5) is 11.3. The highest BCUT2D eigenvalue weighted by Gasteiger charge is 2.33. The molecule has 2 unspecified atom stereocenters. The van der Waals surface area contributed by atoms with E-state index in [9.17, 15) is 9.90 Å². The number of benzene rings is 1. The molecule has 3 heteroatoms. The third-order valence-electron chi connectivity index (χ3n) is 4.01. The van der Waals surface area contributed by atoms with Crippen molar-refractivity contribution in [3.8, 4) is 5.75 Å². The van der Waals surface area contributed by atoms with E-state index in [1.807, 2.05) is 19.1 Å². The van der Waals surface area contributed by atoms with Gasteiger partial charge in [0.25, 0.3) is 0 Å². The average Bonchev–Trinajstić information content (AvgIpc) is 2.25. The van der Waals surface area contributed by atoms with Crippen LogP contribution < -0.4 is 4.74 Å². The van der Waals surface area contributed by atoms with E-state index < -0.39 is 5.97 Å². The fourth-order valence-electron chi connectivity index (χ4n) is 3.43. The molecule has 1 fully saturated rings. The van der Waals surface area contributed by atoms with Crippen LogP contribution in [0.2, 0.25) is 0 Å². The average molecular weight is 276 g/mol. The molecule has 0 aromatic heterocycles. The first-order valence-electron chi connectivity index (χ1n) is 7.27. The lowest BCUT2D eigenvalue weighted by Gasteiger charge is -2.39. The van der Waals surface area contributed by atoms with Gasteiger partial charge in [0, 0.05) is 0 Å². The summed E-state index contributed by atoms with van der Waals surface area (Å²) in [7, 11) is 0. The van der Waals surface area contributed by atoms with Crippen molar-refractivity contribution in [1.82, 2.24) is 0 Å². The summed E-state index contributed by atoms with van der Waals surface area (Å²) in [6.07, 6.45) is 3.28. The number of ether oxygens (including phenoxy) is 1. The molecule has 1 aromatic rings. The lowest BCUT2D eigenvalue weighted by Crippen LogP contribution is -2.34. The monoisotopic (exact) mass is 276 g/mol. The van der Waals surface area contributed by atoms with Crippen LogP contribution in [0.3, 0.4) is 0 Å². The molecule has 1 N–H and O–H groups in total. The molecule has 0 radical (unpaired) electrons. The fourth-order valence-corrected chi connectivity index (χ4v) is 3.43. The Labute approximate surface area is 121 Å². The van der Waals surface area contributed by atoms with E-state index in [1.54, 1.807) is 6.07 Å². The Hall–Kier alpha value is -1.51. The highest BCUT2D eigenvalue weighted by atomic mass is 16.5. The molecule has 0 amide bonds. The van der Waals surface area contributed by atoms with Gasteiger partial charge in [-0.25, -0.2) is 4.79 Å². The van der Waals surface area contributed by atoms with Crippen LogP contribution in [0.15, 0.2) is 18.2 Å². The van der Waals surface area contributed by atoms with E-state index in [1.165, 1.54) is 6.42 Å². The summed E-state index contributed by atoms with van der Waals surface area (Å²) in [6, 6.07) is 5.27. The maximum atomic E-state index is 11.3. The van der Waals surface area contributed by atoms with Crippen molar-refractivity contribution in [3.05, 3.63) is 29.3 Å². The molecule has 0 bridgehead atoms. The van der Waals surface area contributed by atoms with Crippen LogP contribution in [0.4, 0.5) is 0 Å². The predicted octanol–water partition coefficient (Wildman–Crippen LogP) is 4.29. The molecular weight excluding hydrogens is 252 g/mol. The Morgan fingerprint density at radius 2 is 2.05 bits per heavy atom. The Bertz CT molecular complexity index is 505. The van der Waals surface area contributed by atoms with Gasteiger partial charge in [0.1, 0.15) is 11.3 Å². The Balaban J connectivity index is 2.21. The van der Waals surface area contributed by atoms with E-state index >= 15 is 0 Å². The normalized spacial score (nSPS) is 25.2. The molecule has 1 saturated carbocycles. The Morgan fingerprint density at radius 3 is 2.65 bits per heavy atom. The van der Waals surface area contributed by atoms with E-state index in [-0.39, 0.29) is 17.1 Å². The molecule has 20 heavy (non-hydrogen) atoms. The maximum absolute atomic E-state index is 11.3. The summed E-state index contributed by atoms with van der Waals surface area (Å²) in [5.41, 5.74) is 1.54.